The lowest BCUT2D eigenvalue weighted by atomic mass is 10.2. The Kier molecular flexibility index (Phi) is 6.25. The van der Waals surface area contributed by atoms with Gasteiger partial charge in [0.1, 0.15) is 11.0 Å². The summed E-state index contributed by atoms with van der Waals surface area (Å²) in [6.45, 7) is 0. The van der Waals surface area contributed by atoms with Gasteiger partial charge in [0.15, 0.2) is 5.17 Å². The van der Waals surface area contributed by atoms with Gasteiger partial charge in [0, 0.05) is 16.6 Å². The van der Waals surface area contributed by atoms with Crippen LogP contribution in [0.2, 0.25) is 0 Å². The molecule has 0 spiro atoms. The summed E-state index contributed by atoms with van der Waals surface area (Å²) in [5, 5.41) is 22.3. The number of benzene rings is 2. The molecular formula is C18H15BrN4O3S. The maximum atomic E-state index is 12.1. The average molecular weight is 447 g/mol. The van der Waals surface area contributed by atoms with E-state index in [2.05, 4.69) is 36.8 Å². The lowest BCUT2D eigenvalue weighted by molar-refractivity contribution is -0.122. The molecule has 1 fully saturated rings. The number of carbonyl (C=O) groups is 2. The van der Waals surface area contributed by atoms with Gasteiger partial charge in [0.2, 0.25) is 11.8 Å². The highest BCUT2D eigenvalue weighted by Gasteiger charge is 2.32. The van der Waals surface area contributed by atoms with Gasteiger partial charge in [-0.05, 0) is 54.1 Å². The van der Waals surface area contributed by atoms with E-state index in [9.17, 15) is 14.7 Å². The van der Waals surface area contributed by atoms with Crippen molar-refractivity contribution in [3.63, 3.8) is 0 Å². The third-order valence-corrected chi connectivity index (χ3v) is 5.12. The predicted molar refractivity (Wildman–Crippen MR) is 110 cm³/mol. The Balaban J connectivity index is 1.54. The van der Waals surface area contributed by atoms with E-state index in [1.54, 1.807) is 36.4 Å². The lowest BCUT2D eigenvalue weighted by Crippen LogP contribution is -2.28. The van der Waals surface area contributed by atoms with Crippen LogP contribution in [-0.2, 0) is 9.59 Å². The summed E-state index contributed by atoms with van der Waals surface area (Å²) in [6.07, 6.45) is 1.54. The first-order valence-electron chi connectivity index (χ1n) is 7.92. The second-order valence-electron chi connectivity index (χ2n) is 5.60. The van der Waals surface area contributed by atoms with Crippen molar-refractivity contribution in [1.82, 2.24) is 5.32 Å². The van der Waals surface area contributed by atoms with Crippen LogP contribution >= 0.6 is 27.7 Å². The molecular weight excluding hydrogens is 432 g/mol. The van der Waals surface area contributed by atoms with Crippen molar-refractivity contribution >= 4 is 56.6 Å². The van der Waals surface area contributed by atoms with E-state index >= 15 is 0 Å². The summed E-state index contributed by atoms with van der Waals surface area (Å²) in [7, 11) is 0. The van der Waals surface area contributed by atoms with Crippen LogP contribution < -0.4 is 10.6 Å². The third-order valence-electron chi connectivity index (χ3n) is 3.52. The average Bonchev–Trinajstić information content (AvgIpc) is 2.98. The van der Waals surface area contributed by atoms with Crippen molar-refractivity contribution < 1.29 is 14.7 Å². The van der Waals surface area contributed by atoms with Gasteiger partial charge in [-0.1, -0.05) is 27.7 Å². The summed E-state index contributed by atoms with van der Waals surface area (Å²) in [5.41, 5.74) is 1.43. The molecule has 0 aromatic heterocycles. The smallest absolute Gasteiger partial charge is 0.240 e. The van der Waals surface area contributed by atoms with Crippen molar-refractivity contribution in [2.45, 2.75) is 11.7 Å². The van der Waals surface area contributed by atoms with E-state index in [4.69, 9.17) is 0 Å². The van der Waals surface area contributed by atoms with Crippen LogP contribution in [0.4, 0.5) is 5.69 Å². The minimum Gasteiger partial charge on any atom is -0.508 e. The molecule has 7 nitrogen and oxygen atoms in total. The number of nitrogens with zero attached hydrogens (tertiary/aromatic N) is 2. The van der Waals surface area contributed by atoms with Crippen molar-refractivity contribution in [3.8, 4) is 5.75 Å². The SMILES string of the molecule is O=C(CC1SC(=NN=Cc2ccc(O)cc2)NC1=O)Nc1ccc(Br)cc1. The molecule has 1 unspecified atom stereocenters. The van der Waals surface area contributed by atoms with Gasteiger partial charge in [-0.15, -0.1) is 5.10 Å². The molecule has 0 saturated carbocycles. The molecule has 0 radical (unpaired) electrons. The van der Waals surface area contributed by atoms with Crippen LogP contribution in [0.5, 0.6) is 5.75 Å². The van der Waals surface area contributed by atoms with Gasteiger partial charge < -0.3 is 15.7 Å². The van der Waals surface area contributed by atoms with Gasteiger partial charge in [0.05, 0.1) is 6.21 Å². The van der Waals surface area contributed by atoms with E-state index in [-0.39, 0.29) is 24.0 Å². The number of hydrogen-bond donors (Lipinski definition) is 3. The largest absolute Gasteiger partial charge is 0.508 e. The Morgan fingerprint density at radius 3 is 2.63 bits per heavy atom. The number of nitrogens with one attached hydrogen (secondary N) is 2. The first-order valence-corrected chi connectivity index (χ1v) is 9.60. The second kappa shape index (κ2) is 8.83. The number of rotatable bonds is 5. The van der Waals surface area contributed by atoms with Gasteiger partial charge in [-0.3, -0.25) is 9.59 Å². The Hall–Kier alpha value is -2.65. The van der Waals surface area contributed by atoms with Crippen LogP contribution in [0.3, 0.4) is 0 Å². The summed E-state index contributed by atoms with van der Waals surface area (Å²) >= 11 is 4.50. The number of amidine groups is 1. The van der Waals surface area contributed by atoms with Crippen LogP contribution in [0, 0.1) is 0 Å². The fraction of sp³-hybridized carbons (Fsp3) is 0.111. The first kappa shape index (κ1) is 19.1. The highest BCUT2D eigenvalue weighted by molar-refractivity contribution is 9.10. The monoisotopic (exact) mass is 446 g/mol. The fourth-order valence-electron chi connectivity index (χ4n) is 2.21. The summed E-state index contributed by atoms with van der Waals surface area (Å²) in [4.78, 5) is 24.1. The minimum absolute atomic E-state index is 0.0350. The molecule has 9 heteroatoms. The quantitative estimate of drug-likeness (QED) is 0.484. The van der Waals surface area contributed by atoms with Crippen LogP contribution in [0.25, 0.3) is 0 Å². The number of hydrogen-bond acceptors (Lipinski definition) is 6. The van der Waals surface area contributed by atoms with Crippen LogP contribution in [0.1, 0.15) is 12.0 Å². The summed E-state index contributed by atoms with van der Waals surface area (Å²) in [6, 6.07) is 13.7. The minimum atomic E-state index is -0.553. The van der Waals surface area contributed by atoms with Crippen LogP contribution in [-0.4, -0.2) is 33.6 Å². The Labute approximate surface area is 168 Å². The molecule has 1 heterocycles. The summed E-state index contributed by atoms with van der Waals surface area (Å²) < 4.78 is 0.917. The molecule has 1 saturated heterocycles. The maximum absolute atomic E-state index is 12.1. The number of aromatic hydroxyl groups is 1. The topological polar surface area (TPSA) is 103 Å². The molecule has 3 rings (SSSR count). The molecule has 138 valence electrons. The van der Waals surface area contributed by atoms with Gasteiger partial charge in [-0.2, -0.15) is 5.10 Å². The zero-order chi connectivity index (χ0) is 19.2. The van der Waals surface area contributed by atoms with Crippen LogP contribution in [0.15, 0.2) is 63.2 Å². The van der Waals surface area contributed by atoms with E-state index in [1.807, 2.05) is 12.1 Å². The number of phenols is 1. The van der Waals surface area contributed by atoms with Crippen molar-refractivity contribution in [3.05, 3.63) is 58.6 Å². The number of anilines is 1. The molecule has 1 atom stereocenters. The number of thioether (sulfide) groups is 1. The highest BCUT2D eigenvalue weighted by atomic mass is 79.9. The molecule has 2 aromatic carbocycles. The molecule has 1 aliphatic rings. The standard InChI is InChI=1S/C18H15BrN4O3S/c19-12-3-5-13(6-4-12)21-16(25)9-15-17(26)22-18(27-15)23-20-10-11-1-7-14(24)8-2-11/h1-8,10,15,24H,9H2,(H,21,25)(H,22,23,26). The van der Waals surface area contributed by atoms with E-state index in [1.165, 1.54) is 6.21 Å². The molecule has 0 bridgehead atoms. The van der Waals surface area contributed by atoms with Crippen molar-refractivity contribution in [1.29, 1.82) is 0 Å². The van der Waals surface area contributed by atoms with E-state index in [0.717, 1.165) is 21.8 Å². The number of carbonyl (C=O) groups excluding carboxylic acids is 2. The summed E-state index contributed by atoms with van der Waals surface area (Å²) in [5.74, 6) is -0.357. The maximum Gasteiger partial charge on any atom is 0.240 e. The zero-order valence-electron chi connectivity index (χ0n) is 13.9. The number of phenolic OH excluding ortho intramolecular Hbond substituents is 1. The van der Waals surface area contributed by atoms with E-state index < -0.39 is 5.25 Å². The zero-order valence-corrected chi connectivity index (χ0v) is 16.3. The van der Waals surface area contributed by atoms with Gasteiger partial charge in [0.25, 0.3) is 0 Å². The first-order chi connectivity index (χ1) is 13.0. The van der Waals surface area contributed by atoms with Gasteiger partial charge >= 0.3 is 0 Å². The molecule has 1 aliphatic heterocycles. The Morgan fingerprint density at radius 2 is 1.93 bits per heavy atom. The molecule has 3 N–H and O–H groups in total. The number of halogens is 1. The van der Waals surface area contributed by atoms with Crippen molar-refractivity contribution in [2.75, 3.05) is 5.32 Å². The van der Waals surface area contributed by atoms with Gasteiger partial charge in [-0.25, -0.2) is 0 Å². The predicted octanol–water partition coefficient (Wildman–Crippen LogP) is 3.11. The molecule has 0 aliphatic carbocycles. The fourth-order valence-corrected chi connectivity index (χ4v) is 3.40. The lowest BCUT2D eigenvalue weighted by Gasteiger charge is -2.07. The molecule has 2 aromatic rings. The Morgan fingerprint density at radius 1 is 1.22 bits per heavy atom. The second-order valence-corrected chi connectivity index (χ2v) is 7.70. The normalized spacial score (nSPS) is 18.0. The third kappa shape index (κ3) is 5.66. The number of amides is 2. The molecule has 27 heavy (non-hydrogen) atoms. The Bertz CT molecular complexity index is 898. The van der Waals surface area contributed by atoms with Crippen molar-refractivity contribution in [2.24, 2.45) is 10.2 Å². The molecule has 2 amide bonds. The van der Waals surface area contributed by atoms with E-state index in [0.29, 0.717) is 10.9 Å². The highest BCUT2D eigenvalue weighted by Crippen LogP contribution is 2.23.